The number of aryl methyl sites for hydroxylation is 1. The number of amides is 1. The van der Waals surface area contributed by atoms with Crippen molar-refractivity contribution in [3.8, 4) is 5.75 Å². The number of alkyl halides is 3. The molecule has 0 atom stereocenters. The minimum Gasteiger partial charge on any atom is -0.490 e. The molecule has 2 aliphatic rings. The highest BCUT2D eigenvalue weighted by atomic mass is 19.4. The first-order chi connectivity index (χ1) is 21.2. The maximum absolute atomic E-state index is 13.1. The van der Waals surface area contributed by atoms with E-state index in [-0.39, 0.29) is 18.1 Å². The molecule has 6 rings (SSSR count). The van der Waals surface area contributed by atoms with E-state index in [9.17, 15) is 18.0 Å². The van der Waals surface area contributed by atoms with Gasteiger partial charge in [-0.25, -0.2) is 0 Å². The Kier molecular flexibility index (Phi) is 8.75. The van der Waals surface area contributed by atoms with Crippen molar-refractivity contribution >= 4 is 22.5 Å². The van der Waals surface area contributed by atoms with Gasteiger partial charge >= 0.3 is 6.18 Å². The van der Waals surface area contributed by atoms with Crippen molar-refractivity contribution in [2.75, 3.05) is 31.1 Å². The van der Waals surface area contributed by atoms with Crippen LogP contribution in [0.5, 0.6) is 5.75 Å². The number of likely N-dealkylation sites (tertiary alicyclic amines) is 1. The number of rotatable bonds is 7. The van der Waals surface area contributed by atoms with Gasteiger partial charge < -0.3 is 15.0 Å². The highest BCUT2D eigenvalue weighted by Crippen LogP contribution is 2.30. The van der Waals surface area contributed by atoms with Crippen LogP contribution in [0.25, 0.3) is 10.9 Å². The lowest BCUT2D eigenvalue weighted by atomic mass is 10.0. The van der Waals surface area contributed by atoms with E-state index in [0.717, 1.165) is 86.2 Å². The van der Waals surface area contributed by atoms with Crippen LogP contribution in [0.15, 0.2) is 79.0 Å². The first kappa shape index (κ1) is 29.9. The van der Waals surface area contributed by atoms with Crippen LogP contribution in [0.3, 0.4) is 0 Å². The normalized spacial score (nSPS) is 17.1. The Morgan fingerprint density at radius 3 is 2.30 bits per heavy atom. The second-order valence-corrected chi connectivity index (χ2v) is 11.9. The lowest BCUT2D eigenvalue weighted by molar-refractivity contribution is -0.137. The van der Waals surface area contributed by atoms with E-state index in [1.807, 2.05) is 24.3 Å². The molecule has 3 aromatic carbocycles. The van der Waals surface area contributed by atoms with Crippen LogP contribution in [-0.2, 0) is 12.7 Å². The summed E-state index contributed by atoms with van der Waals surface area (Å²) in [7, 11) is 0. The van der Waals surface area contributed by atoms with Crippen LogP contribution >= 0.6 is 0 Å². The molecule has 44 heavy (non-hydrogen) atoms. The van der Waals surface area contributed by atoms with Crippen LogP contribution in [0.2, 0.25) is 0 Å². The van der Waals surface area contributed by atoms with Gasteiger partial charge in [0.2, 0.25) is 0 Å². The van der Waals surface area contributed by atoms with E-state index in [4.69, 9.17) is 4.74 Å². The quantitative estimate of drug-likeness (QED) is 0.247. The van der Waals surface area contributed by atoms with Crippen LogP contribution in [-0.4, -0.2) is 54.1 Å². The Bertz CT molecular complexity index is 1570. The van der Waals surface area contributed by atoms with Crippen molar-refractivity contribution in [1.82, 2.24) is 15.2 Å². The summed E-state index contributed by atoms with van der Waals surface area (Å²) in [4.78, 5) is 22.2. The molecule has 2 fully saturated rings. The fourth-order valence-corrected chi connectivity index (χ4v) is 6.05. The van der Waals surface area contributed by atoms with Crippen molar-refractivity contribution in [2.24, 2.45) is 0 Å². The highest BCUT2D eigenvalue weighted by molar-refractivity contribution is 5.97. The van der Waals surface area contributed by atoms with Crippen LogP contribution in [0, 0.1) is 6.92 Å². The lowest BCUT2D eigenvalue weighted by Gasteiger charge is -2.33. The van der Waals surface area contributed by atoms with Gasteiger partial charge in [-0.1, -0.05) is 29.8 Å². The van der Waals surface area contributed by atoms with E-state index >= 15 is 0 Å². The molecule has 0 saturated carbocycles. The number of piperidine rings is 2. The fourth-order valence-electron chi connectivity index (χ4n) is 6.05. The second kappa shape index (κ2) is 12.9. The smallest absolute Gasteiger partial charge is 0.416 e. The number of hydrogen-bond acceptors (Lipinski definition) is 5. The number of ether oxygens (including phenoxy) is 1. The summed E-state index contributed by atoms with van der Waals surface area (Å²) < 4.78 is 44.9. The summed E-state index contributed by atoms with van der Waals surface area (Å²) in [6.07, 6.45) is 0.845. The van der Waals surface area contributed by atoms with E-state index < -0.39 is 11.7 Å². The lowest BCUT2D eigenvalue weighted by Crippen LogP contribution is -2.44. The third-order valence-corrected chi connectivity index (χ3v) is 8.67. The molecule has 1 amide bonds. The molecular weight excluding hydrogens is 565 g/mol. The molecule has 6 nitrogen and oxygen atoms in total. The monoisotopic (exact) mass is 602 g/mol. The molecule has 0 unspecified atom stereocenters. The van der Waals surface area contributed by atoms with Gasteiger partial charge in [-0.3, -0.25) is 14.7 Å². The van der Waals surface area contributed by atoms with Crippen LogP contribution in [0.1, 0.15) is 52.7 Å². The Balaban J connectivity index is 0.997. The number of fused-ring (bicyclic) bond motifs is 1. The summed E-state index contributed by atoms with van der Waals surface area (Å²) in [6, 6.07) is 21.7. The molecule has 0 radical (unpaired) electrons. The Labute approximate surface area is 255 Å². The molecule has 2 aliphatic heterocycles. The number of nitrogens with zero attached hydrogens (tertiary/aromatic N) is 3. The minimum absolute atomic E-state index is 0.0301. The first-order valence-corrected chi connectivity index (χ1v) is 15.3. The number of hydrogen-bond donors (Lipinski definition) is 1. The zero-order chi connectivity index (χ0) is 30.7. The number of nitrogens with one attached hydrogen (secondary N) is 1. The zero-order valence-corrected chi connectivity index (χ0v) is 24.8. The van der Waals surface area contributed by atoms with Crippen molar-refractivity contribution in [2.45, 2.75) is 57.5 Å². The van der Waals surface area contributed by atoms with Crippen LogP contribution in [0.4, 0.5) is 18.9 Å². The molecule has 2 saturated heterocycles. The molecule has 3 heterocycles. The van der Waals surface area contributed by atoms with E-state index in [2.05, 4.69) is 51.3 Å². The topological polar surface area (TPSA) is 57.7 Å². The second-order valence-electron chi connectivity index (χ2n) is 11.9. The molecule has 230 valence electrons. The average Bonchev–Trinajstić information content (AvgIpc) is 3.02. The zero-order valence-electron chi connectivity index (χ0n) is 24.8. The van der Waals surface area contributed by atoms with Gasteiger partial charge in [-0.05, 0) is 73.9 Å². The van der Waals surface area contributed by atoms with Crippen molar-refractivity contribution in [3.63, 3.8) is 0 Å². The predicted molar refractivity (Wildman–Crippen MR) is 166 cm³/mol. The number of anilines is 1. The highest BCUT2D eigenvalue weighted by Gasteiger charge is 2.30. The van der Waals surface area contributed by atoms with Crippen molar-refractivity contribution in [3.05, 3.63) is 101 Å². The fraction of sp³-hybridized carbons (Fsp3) is 0.371. The van der Waals surface area contributed by atoms with Crippen LogP contribution < -0.4 is 15.0 Å². The Morgan fingerprint density at radius 1 is 0.909 bits per heavy atom. The molecular formula is C35H37F3N4O2. The summed E-state index contributed by atoms with van der Waals surface area (Å²) >= 11 is 0. The van der Waals surface area contributed by atoms with E-state index in [1.54, 1.807) is 6.20 Å². The maximum atomic E-state index is 13.1. The average molecular weight is 603 g/mol. The van der Waals surface area contributed by atoms with Crippen molar-refractivity contribution < 1.29 is 22.7 Å². The Morgan fingerprint density at radius 2 is 1.61 bits per heavy atom. The standard InChI is InChI=1S/C35H37F3N4O2/c1-24-2-8-30(9-3-24)42-18-14-31(15-19-42)44-32-10-11-33-26(21-32)20-27(22-39-33)34(43)40-29-12-16-41(17-13-29)23-25-4-6-28(7-5-25)35(36,37)38/h2-11,20-22,29,31H,12-19,23H2,1H3,(H,40,43). The number of carbonyl (C=O) groups excluding carboxylic acids is 1. The molecule has 0 aliphatic carbocycles. The van der Waals surface area contributed by atoms with Crippen molar-refractivity contribution in [1.29, 1.82) is 0 Å². The molecule has 1 N–H and O–H groups in total. The molecule has 0 bridgehead atoms. The summed E-state index contributed by atoms with van der Waals surface area (Å²) in [5, 5.41) is 4.00. The Hall–Kier alpha value is -4.11. The van der Waals surface area contributed by atoms with Gasteiger partial charge in [0.15, 0.2) is 0 Å². The largest absolute Gasteiger partial charge is 0.490 e. The third kappa shape index (κ3) is 7.33. The van der Waals surface area contributed by atoms with Gasteiger partial charge in [-0.15, -0.1) is 0 Å². The molecule has 1 aromatic heterocycles. The summed E-state index contributed by atoms with van der Waals surface area (Å²) in [5.41, 5.74) is 4.04. The SMILES string of the molecule is Cc1ccc(N2CCC(Oc3ccc4ncc(C(=O)NC5CCN(Cc6ccc(C(F)(F)F)cc6)CC5)cc4c3)CC2)cc1. The molecule has 4 aromatic rings. The maximum Gasteiger partial charge on any atom is 0.416 e. The van der Waals surface area contributed by atoms with Gasteiger partial charge in [0.1, 0.15) is 11.9 Å². The number of aromatic nitrogens is 1. The predicted octanol–water partition coefficient (Wildman–Crippen LogP) is 7.00. The van der Waals surface area contributed by atoms with Gasteiger partial charge in [0.25, 0.3) is 5.91 Å². The summed E-state index contributed by atoms with van der Waals surface area (Å²) in [5.74, 6) is 0.626. The minimum atomic E-state index is -4.33. The molecule has 9 heteroatoms. The van der Waals surface area contributed by atoms with Gasteiger partial charge in [0, 0.05) is 68.9 Å². The van der Waals surface area contributed by atoms with Gasteiger partial charge in [-0.2, -0.15) is 13.2 Å². The third-order valence-electron chi connectivity index (χ3n) is 8.67. The van der Waals surface area contributed by atoms with E-state index in [0.29, 0.717) is 12.1 Å². The molecule has 0 spiro atoms. The first-order valence-electron chi connectivity index (χ1n) is 15.3. The number of benzene rings is 3. The summed E-state index contributed by atoms with van der Waals surface area (Å²) in [6.45, 7) is 6.09. The number of carbonyl (C=O) groups is 1. The number of pyridine rings is 1. The van der Waals surface area contributed by atoms with E-state index in [1.165, 1.54) is 23.4 Å². The number of halogens is 3. The van der Waals surface area contributed by atoms with Gasteiger partial charge in [0.05, 0.1) is 16.6 Å².